The fraction of sp³-hybridized carbons (Fsp3) is 0.667. The Balaban J connectivity index is -0.000000750. The molecular formula is C15H31N2Pt-3. The summed E-state index contributed by atoms with van der Waals surface area (Å²) >= 11 is 0. The molecule has 0 saturated carbocycles. The van der Waals surface area contributed by atoms with Crippen molar-refractivity contribution in [3.8, 4) is 0 Å². The number of unbranched alkanes of at least 4 members (excludes halogenated alkanes) is 4. The molecular weight excluding hydrogens is 403 g/mol. The Bertz CT molecular complexity index is 165. The van der Waals surface area contributed by atoms with E-state index in [1.165, 1.54) is 51.6 Å². The SMILES string of the molecule is CCCCCN1C=CN(CCCCC)[CH-]1.[CH3-].[CH3-].[Pt]. The summed E-state index contributed by atoms with van der Waals surface area (Å²) in [7, 11) is 0. The minimum absolute atomic E-state index is 0. The second-order valence-electron chi connectivity index (χ2n) is 4.30. The van der Waals surface area contributed by atoms with Gasteiger partial charge < -0.3 is 24.7 Å². The largest absolute Gasteiger partial charge is 0.508 e. The molecule has 0 aromatic heterocycles. The molecule has 1 aliphatic rings. The summed E-state index contributed by atoms with van der Waals surface area (Å²) in [6.45, 7) is 9.09. The van der Waals surface area contributed by atoms with Gasteiger partial charge >= 0.3 is 0 Å². The minimum Gasteiger partial charge on any atom is -0.508 e. The average molecular weight is 435 g/mol. The van der Waals surface area contributed by atoms with Crippen LogP contribution >= 0.6 is 0 Å². The molecule has 114 valence electrons. The van der Waals surface area contributed by atoms with Gasteiger partial charge in [-0.2, -0.15) is 6.67 Å². The predicted octanol–water partition coefficient (Wildman–Crippen LogP) is 4.47. The van der Waals surface area contributed by atoms with E-state index in [0.717, 1.165) is 0 Å². The molecule has 3 heteroatoms. The van der Waals surface area contributed by atoms with Crippen molar-refractivity contribution < 1.29 is 21.1 Å². The third-order valence-corrected chi connectivity index (χ3v) is 2.79. The van der Waals surface area contributed by atoms with Gasteiger partial charge in [0.05, 0.1) is 0 Å². The third-order valence-electron chi connectivity index (χ3n) is 2.79. The molecule has 0 aromatic rings. The second-order valence-corrected chi connectivity index (χ2v) is 4.30. The maximum atomic E-state index is 2.31. The molecule has 1 rings (SSSR count). The van der Waals surface area contributed by atoms with Crippen LogP contribution in [0, 0.1) is 21.5 Å². The average Bonchev–Trinajstić information content (AvgIpc) is 2.67. The van der Waals surface area contributed by atoms with Gasteiger partial charge in [-0.05, 0) is 38.3 Å². The van der Waals surface area contributed by atoms with Crippen molar-refractivity contribution in [2.75, 3.05) is 13.1 Å². The van der Waals surface area contributed by atoms with E-state index in [-0.39, 0.29) is 35.9 Å². The van der Waals surface area contributed by atoms with Crippen LogP contribution in [0.2, 0.25) is 0 Å². The Morgan fingerprint density at radius 1 is 0.778 bits per heavy atom. The van der Waals surface area contributed by atoms with Gasteiger partial charge in [0, 0.05) is 21.1 Å². The monoisotopic (exact) mass is 434 g/mol. The molecule has 0 radical (unpaired) electrons. The molecule has 0 unspecified atom stereocenters. The minimum atomic E-state index is 0. The van der Waals surface area contributed by atoms with Crippen LogP contribution < -0.4 is 0 Å². The van der Waals surface area contributed by atoms with Gasteiger partial charge in [0.15, 0.2) is 0 Å². The van der Waals surface area contributed by atoms with Gasteiger partial charge in [-0.1, -0.05) is 39.5 Å². The molecule has 2 nitrogen and oxygen atoms in total. The van der Waals surface area contributed by atoms with E-state index in [4.69, 9.17) is 0 Å². The summed E-state index contributed by atoms with van der Waals surface area (Å²) in [6, 6.07) is 0. The van der Waals surface area contributed by atoms with Crippen LogP contribution in [0.1, 0.15) is 52.4 Å². The molecule has 0 fully saturated rings. The molecule has 1 aliphatic heterocycles. The normalized spacial score (nSPS) is 12.8. The van der Waals surface area contributed by atoms with Crippen molar-refractivity contribution in [2.45, 2.75) is 52.4 Å². The van der Waals surface area contributed by atoms with Crippen LogP contribution in [0.4, 0.5) is 0 Å². The molecule has 0 aromatic carbocycles. The molecule has 0 N–H and O–H groups in total. The zero-order chi connectivity index (χ0) is 10.9. The summed E-state index contributed by atoms with van der Waals surface area (Å²) < 4.78 is 0. The zero-order valence-corrected chi connectivity index (χ0v) is 14.9. The summed E-state index contributed by atoms with van der Waals surface area (Å²) in [4.78, 5) is 4.61. The van der Waals surface area contributed by atoms with E-state index in [9.17, 15) is 0 Å². The summed E-state index contributed by atoms with van der Waals surface area (Å²) in [5.41, 5.74) is 0. The van der Waals surface area contributed by atoms with Gasteiger partial charge in [-0.15, -0.1) is 0 Å². The number of hydrogen-bond donors (Lipinski definition) is 0. The number of hydrogen-bond acceptors (Lipinski definition) is 2. The molecule has 0 amide bonds. The van der Waals surface area contributed by atoms with E-state index in [2.05, 4.69) is 42.7 Å². The summed E-state index contributed by atoms with van der Waals surface area (Å²) in [6.07, 6.45) is 12.3. The maximum Gasteiger partial charge on any atom is 0 e. The molecule has 0 atom stereocenters. The molecule has 0 aliphatic carbocycles. The van der Waals surface area contributed by atoms with Crippen molar-refractivity contribution in [1.82, 2.24) is 9.80 Å². The van der Waals surface area contributed by atoms with E-state index < -0.39 is 0 Å². The third kappa shape index (κ3) is 10.00. The number of rotatable bonds is 8. The first kappa shape index (κ1) is 23.1. The fourth-order valence-electron chi connectivity index (χ4n) is 1.79. The maximum absolute atomic E-state index is 2.31. The molecule has 18 heavy (non-hydrogen) atoms. The van der Waals surface area contributed by atoms with Crippen LogP contribution in [0.3, 0.4) is 0 Å². The van der Waals surface area contributed by atoms with Crippen molar-refractivity contribution in [3.63, 3.8) is 0 Å². The van der Waals surface area contributed by atoms with Gasteiger partial charge in [0.1, 0.15) is 0 Å². The van der Waals surface area contributed by atoms with Gasteiger partial charge in [0.25, 0.3) is 0 Å². The van der Waals surface area contributed by atoms with Gasteiger partial charge in [-0.25, -0.2) is 0 Å². The fourth-order valence-corrected chi connectivity index (χ4v) is 1.79. The summed E-state index contributed by atoms with van der Waals surface area (Å²) in [5.74, 6) is 0. The van der Waals surface area contributed by atoms with Crippen LogP contribution in [-0.2, 0) is 21.1 Å². The van der Waals surface area contributed by atoms with E-state index in [0.29, 0.717) is 0 Å². The van der Waals surface area contributed by atoms with Crippen molar-refractivity contribution >= 4 is 0 Å². The molecule has 0 bridgehead atoms. The molecule has 0 spiro atoms. The van der Waals surface area contributed by atoms with E-state index in [1.807, 2.05) is 0 Å². The first-order valence-corrected chi connectivity index (χ1v) is 6.41. The van der Waals surface area contributed by atoms with Gasteiger partial charge in [-0.3, -0.25) is 0 Å². The van der Waals surface area contributed by atoms with Crippen LogP contribution in [0.5, 0.6) is 0 Å². The van der Waals surface area contributed by atoms with Crippen LogP contribution in [0.25, 0.3) is 0 Å². The smallest absolute Gasteiger partial charge is 0 e. The Labute approximate surface area is 130 Å². The molecule has 1 heterocycles. The van der Waals surface area contributed by atoms with Crippen molar-refractivity contribution in [3.05, 3.63) is 33.9 Å². The Morgan fingerprint density at radius 2 is 1.17 bits per heavy atom. The van der Waals surface area contributed by atoms with Gasteiger partial charge in [0.2, 0.25) is 0 Å². The Kier molecular flexibility index (Phi) is 19.4. The summed E-state index contributed by atoms with van der Waals surface area (Å²) in [5, 5.41) is 0. The quantitative estimate of drug-likeness (QED) is 0.411. The second kappa shape index (κ2) is 15.1. The van der Waals surface area contributed by atoms with Crippen molar-refractivity contribution in [2.24, 2.45) is 0 Å². The first-order chi connectivity index (χ1) is 7.36. The van der Waals surface area contributed by atoms with Crippen LogP contribution in [0.15, 0.2) is 12.4 Å². The Morgan fingerprint density at radius 3 is 1.50 bits per heavy atom. The Hall–Kier alpha value is 0.0283. The number of nitrogens with zero attached hydrogens (tertiary/aromatic N) is 2. The molecule has 0 saturated heterocycles. The zero-order valence-electron chi connectivity index (χ0n) is 12.6. The van der Waals surface area contributed by atoms with E-state index in [1.54, 1.807) is 0 Å². The van der Waals surface area contributed by atoms with E-state index >= 15 is 0 Å². The predicted molar refractivity (Wildman–Crippen MR) is 78.7 cm³/mol. The van der Waals surface area contributed by atoms with Crippen LogP contribution in [-0.4, -0.2) is 22.9 Å². The van der Waals surface area contributed by atoms with Crippen molar-refractivity contribution in [1.29, 1.82) is 0 Å². The first-order valence-electron chi connectivity index (χ1n) is 6.41. The standard InChI is InChI=1S/C13H25N2.2CH3.Pt/c1-3-5-7-9-14-11-12-15(13-14)10-8-6-4-2;;;/h11-13H,3-10H2,1-2H3;2*1H3;/q3*-1;. The topological polar surface area (TPSA) is 6.48 Å².